The van der Waals surface area contributed by atoms with Crippen molar-refractivity contribution in [3.63, 3.8) is 0 Å². The van der Waals surface area contributed by atoms with Gasteiger partial charge >= 0.3 is 12.1 Å². The number of fused-ring (bicyclic) bond motifs is 3. The summed E-state index contributed by atoms with van der Waals surface area (Å²) >= 11 is 0. The molecule has 2 aliphatic rings. The van der Waals surface area contributed by atoms with Gasteiger partial charge in [-0.1, -0.05) is 55.5 Å². The Balaban J connectivity index is 1.38. The molecule has 174 valence electrons. The van der Waals surface area contributed by atoms with Gasteiger partial charge in [-0.15, -0.1) is 0 Å². The summed E-state index contributed by atoms with van der Waals surface area (Å²) < 4.78 is 5.48. The number of ether oxygens (including phenoxy) is 1. The molecule has 0 radical (unpaired) electrons. The molecule has 0 aromatic heterocycles. The molecule has 1 saturated heterocycles. The number of carboxylic acids is 1. The molecule has 1 fully saturated rings. The second kappa shape index (κ2) is 10.0. The van der Waals surface area contributed by atoms with Crippen molar-refractivity contribution in [1.82, 2.24) is 15.5 Å². The summed E-state index contributed by atoms with van der Waals surface area (Å²) in [7, 11) is 0. The van der Waals surface area contributed by atoms with Crippen LogP contribution < -0.4 is 10.6 Å². The molecule has 2 atom stereocenters. The first-order valence-electron chi connectivity index (χ1n) is 11.3. The van der Waals surface area contributed by atoms with E-state index in [1.807, 2.05) is 48.5 Å². The maximum Gasteiger partial charge on any atom is 0.407 e. The Morgan fingerprint density at radius 1 is 1.09 bits per heavy atom. The zero-order valence-electron chi connectivity index (χ0n) is 18.6. The van der Waals surface area contributed by atoms with Gasteiger partial charge in [0.1, 0.15) is 12.6 Å². The number of nitrogens with zero attached hydrogens (tertiary/aromatic N) is 1. The van der Waals surface area contributed by atoms with Gasteiger partial charge in [0.05, 0.1) is 6.42 Å². The van der Waals surface area contributed by atoms with E-state index in [0.29, 0.717) is 6.54 Å². The number of hydrogen-bond donors (Lipinski definition) is 3. The number of alkyl carbamates (subject to hydrolysis) is 1. The van der Waals surface area contributed by atoms with E-state index in [1.165, 1.54) is 0 Å². The van der Waals surface area contributed by atoms with Gasteiger partial charge < -0.3 is 25.4 Å². The summed E-state index contributed by atoms with van der Waals surface area (Å²) in [5, 5.41) is 14.5. The molecule has 2 aromatic carbocycles. The van der Waals surface area contributed by atoms with Crippen molar-refractivity contribution in [2.45, 2.75) is 37.8 Å². The van der Waals surface area contributed by atoms with E-state index in [1.54, 1.807) is 0 Å². The predicted molar refractivity (Wildman–Crippen MR) is 123 cm³/mol. The van der Waals surface area contributed by atoms with E-state index >= 15 is 0 Å². The van der Waals surface area contributed by atoms with Crippen molar-refractivity contribution in [2.75, 3.05) is 26.2 Å². The second-order valence-corrected chi connectivity index (χ2v) is 8.51. The fourth-order valence-electron chi connectivity index (χ4n) is 4.71. The summed E-state index contributed by atoms with van der Waals surface area (Å²) in [5.74, 6) is -1.79. The van der Waals surface area contributed by atoms with Crippen molar-refractivity contribution in [3.05, 3.63) is 59.7 Å². The molecule has 8 nitrogen and oxygen atoms in total. The first-order chi connectivity index (χ1) is 16.0. The Morgan fingerprint density at radius 2 is 1.73 bits per heavy atom. The first-order valence-corrected chi connectivity index (χ1v) is 11.3. The number of carbonyl (C=O) groups excluding carboxylic acids is 2. The standard InChI is InChI=1S/C25H29N3O5/c1-2-28-12-11-16(14-28)26-24(31)22(13-23(29)30)27-25(32)33-15-21-19-9-5-3-7-17(19)18-8-4-6-10-20(18)21/h3-10,16,21-22H,2,11-15H2,1H3,(H,26,31)(H,27,32)(H,29,30). The van der Waals surface area contributed by atoms with Gasteiger partial charge in [0.15, 0.2) is 0 Å². The van der Waals surface area contributed by atoms with Crippen molar-refractivity contribution < 1.29 is 24.2 Å². The van der Waals surface area contributed by atoms with Crippen LogP contribution in [0.4, 0.5) is 4.79 Å². The first kappa shape index (κ1) is 22.8. The van der Waals surface area contributed by atoms with Crippen molar-refractivity contribution in [2.24, 2.45) is 0 Å². The number of aliphatic carboxylic acids is 1. The fraction of sp³-hybridized carbons (Fsp3) is 0.400. The highest BCUT2D eigenvalue weighted by Gasteiger charge is 2.31. The van der Waals surface area contributed by atoms with E-state index in [4.69, 9.17) is 4.74 Å². The predicted octanol–water partition coefficient (Wildman–Crippen LogP) is 2.58. The number of amides is 2. The van der Waals surface area contributed by atoms with Crippen LogP contribution in [0.5, 0.6) is 0 Å². The Kier molecular flexibility index (Phi) is 6.93. The van der Waals surface area contributed by atoms with Gasteiger partial charge in [-0.05, 0) is 35.2 Å². The van der Waals surface area contributed by atoms with Crippen LogP contribution in [0, 0.1) is 0 Å². The molecule has 1 aliphatic heterocycles. The molecule has 2 aromatic rings. The van der Waals surface area contributed by atoms with Gasteiger partial charge in [0.25, 0.3) is 0 Å². The van der Waals surface area contributed by atoms with E-state index in [2.05, 4.69) is 22.5 Å². The Bertz CT molecular complexity index is 995. The second-order valence-electron chi connectivity index (χ2n) is 8.51. The molecule has 3 N–H and O–H groups in total. The third kappa shape index (κ3) is 5.17. The molecule has 0 bridgehead atoms. The highest BCUT2D eigenvalue weighted by atomic mass is 16.5. The number of carboxylic acid groups (broad SMARTS) is 1. The van der Waals surface area contributed by atoms with E-state index in [0.717, 1.165) is 41.8 Å². The number of rotatable bonds is 8. The number of likely N-dealkylation sites (tertiary alicyclic amines) is 1. The largest absolute Gasteiger partial charge is 0.481 e. The smallest absolute Gasteiger partial charge is 0.407 e. The number of hydrogen-bond acceptors (Lipinski definition) is 5. The van der Waals surface area contributed by atoms with Crippen molar-refractivity contribution in [3.8, 4) is 11.1 Å². The van der Waals surface area contributed by atoms with Gasteiger partial charge in [-0.25, -0.2) is 4.79 Å². The van der Waals surface area contributed by atoms with E-state index in [-0.39, 0.29) is 18.6 Å². The van der Waals surface area contributed by atoms with E-state index in [9.17, 15) is 19.5 Å². The molecular weight excluding hydrogens is 422 g/mol. The summed E-state index contributed by atoms with van der Waals surface area (Å²) in [6, 6.07) is 14.7. The third-order valence-electron chi connectivity index (χ3n) is 6.40. The highest BCUT2D eigenvalue weighted by molar-refractivity contribution is 5.89. The molecule has 4 rings (SSSR count). The molecule has 0 spiro atoms. The quantitative estimate of drug-likeness (QED) is 0.569. The number of nitrogens with one attached hydrogen (secondary N) is 2. The Hall–Kier alpha value is -3.39. The van der Waals surface area contributed by atoms with Gasteiger partial charge in [-0.2, -0.15) is 0 Å². The SMILES string of the molecule is CCN1CCC(NC(=O)C(CC(=O)O)NC(=O)OCC2c3ccccc3-c3ccccc32)C1. The van der Waals surface area contributed by atoms with Crippen LogP contribution in [-0.2, 0) is 14.3 Å². The maximum absolute atomic E-state index is 12.7. The van der Waals surface area contributed by atoms with E-state index < -0.39 is 30.4 Å². The zero-order valence-corrected chi connectivity index (χ0v) is 18.6. The average molecular weight is 452 g/mol. The fourth-order valence-corrected chi connectivity index (χ4v) is 4.71. The molecular formula is C25H29N3O5. The topological polar surface area (TPSA) is 108 Å². The molecule has 8 heteroatoms. The molecule has 0 saturated carbocycles. The zero-order chi connectivity index (χ0) is 23.4. The normalized spacial score (nSPS) is 18.3. The highest BCUT2D eigenvalue weighted by Crippen LogP contribution is 2.44. The third-order valence-corrected chi connectivity index (χ3v) is 6.40. The summed E-state index contributed by atoms with van der Waals surface area (Å²) in [6.07, 6.45) is -0.523. The van der Waals surface area contributed by atoms with Crippen molar-refractivity contribution in [1.29, 1.82) is 0 Å². The van der Waals surface area contributed by atoms with Crippen LogP contribution in [0.1, 0.15) is 36.8 Å². The van der Waals surface area contributed by atoms with Gasteiger partial charge in [0.2, 0.25) is 5.91 Å². The number of benzene rings is 2. The number of likely N-dealkylation sites (N-methyl/N-ethyl adjacent to an activating group) is 1. The monoisotopic (exact) mass is 451 g/mol. The van der Waals surface area contributed by atoms with Gasteiger partial charge in [0, 0.05) is 25.0 Å². The molecule has 2 amide bonds. The van der Waals surface area contributed by atoms with Crippen molar-refractivity contribution >= 4 is 18.0 Å². The maximum atomic E-state index is 12.7. The van der Waals surface area contributed by atoms with Crippen LogP contribution >= 0.6 is 0 Å². The summed E-state index contributed by atoms with van der Waals surface area (Å²) in [5.41, 5.74) is 4.38. The lowest BCUT2D eigenvalue weighted by Gasteiger charge is -2.21. The minimum atomic E-state index is -1.20. The van der Waals surface area contributed by atoms with Gasteiger partial charge in [-0.3, -0.25) is 9.59 Å². The lowest BCUT2D eigenvalue weighted by molar-refractivity contribution is -0.140. The minimum Gasteiger partial charge on any atom is -0.481 e. The summed E-state index contributed by atoms with van der Waals surface area (Å²) in [6.45, 7) is 4.63. The van der Waals surface area contributed by atoms with Crippen LogP contribution in [-0.4, -0.2) is 66.3 Å². The Labute approximate surface area is 192 Å². The summed E-state index contributed by atoms with van der Waals surface area (Å²) in [4.78, 5) is 38.7. The molecule has 33 heavy (non-hydrogen) atoms. The molecule has 1 aliphatic carbocycles. The van der Waals surface area contributed by atoms with Crippen LogP contribution in [0.25, 0.3) is 11.1 Å². The lowest BCUT2D eigenvalue weighted by Crippen LogP contribution is -2.51. The lowest BCUT2D eigenvalue weighted by atomic mass is 9.98. The van der Waals surface area contributed by atoms with Crippen LogP contribution in [0.3, 0.4) is 0 Å². The number of carbonyl (C=O) groups is 3. The average Bonchev–Trinajstić information content (AvgIpc) is 3.39. The molecule has 1 heterocycles. The van der Waals surface area contributed by atoms with Crippen LogP contribution in [0.2, 0.25) is 0 Å². The minimum absolute atomic E-state index is 0.0574. The van der Waals surface area contributed by atoms with Crippen LogP contribution in [0.15, 0.2) is 48.5 Å². The molecule has 2 unspecified atom stereocenters. The Morgan fingerprint density at radius 3 is 2.30 bits per heavy atom.